The van der Waals surface area contributed by atoms with E-state index in [2.05, 4.69) is 18.4 Å². The maximum Gasteiger partial charge on any atom is 0.127 e. The normalized spacial score (nSPS) is 10.4. The highest BCUT2D eigenvalue weighted by molar-refractivity contribution is 7.13. The molecule has 0 fully saturated rings. The minimum absolute atomic E-state index is 0.0569. The van der Waals surface area contributed by atoms with Crippen LogP contribution in [-0.4, -0.2) is 12.2 Å². The Kier molecular flexibility index (Phi) is 3.27. The number of benzene rings is 1. The summed E-state index contributed by atoms with van der Waals surface area (Å²) >= 11 is 1.69. The van der Waals surface area contributed by atoms with Crippen LogP contribution in [0.15, 0.2) is 29.6 Å². The van der Waals surface area contributed by atoms with Gasteiger partial charge in [-0.15, -0.1) is 11.3 Å². The van der Waals surface area contributed by atoms with E-state index in [9.17, 15) is 0 Å². The Hall–Kier alpha value is -1.32. The highest BCUT2D eigenvalue weighted by Crippen LogP contribution is 2.35. The average molecular weight is 234 g/mol. The van der Waals surface area contributed by atoms with Crippen molar-refractivity contribution in [2.45, 2.75) is 13.5 Å². The van der Waals surface area contributed by atoms with Crippen molar-refractivity contribution >= 4 is 11.3 Å². The molecule has 0 saturated heterocycles. The molecule has 0 aliphatic carbocycles. The van der Waals surface area contributed by atoms with Gasteiger partial charge in [-0.2, -0.15) is 0 Å². The molecule has 1 aromatic carbocycles. The van der Waals surface area contributed by atoms with E-state index in [1.165, 1.54) is 10.4 Å². The van der Waals surface area contributed by atoms with Gasteiger partial charge in [-0.1, -0.05) is 6.07 Å². The Morgan fingerprint density at radius 1 is 1.31 bits per heavy atom. The summed E-state index contributed by atoms with van der Waals surface area (Å²) in [4.78, 5) is 1.17. The van der Waals surface area contributed by atoms with Crippen LogP contribution in [0.25, 0.3) is 10.4 Å². The standard InChI is InChI=1S/C13H14O2S/c1-9-5-13(16-8-9)11-6-10(7-14)3-4-12(11)15-2/h3-6,8,14H,7H2,1-2H3. The smallest absolute Gasteiger partial charge is 0.127 e. The van der Waals surface area contributed by atoms with Crippen molar-refractivity contribution in [2.75, 3.05) is 7.11 Å². The number of methoxy groups -OCH3 is 1. The van der Waals surface area contributed by atoms with Gasteiger partial charge >= 0.3 is 0 Å². The molecule has 0 bridgehead atoms. The van der Waals surface area contributed by atoms with Gasteiger partial charge in [0, 0.05) is 10.4 Å². The molecule has 0 amide bonds. The van der Waals surface area contributed by atoms with Gasteiger partial charge in [0.05, 0.1) is 13.7 Å². The van der Waals surface area contributed by atoms with Gasteiger partial charge in [-0.25, -0.2) is 0 Å². The number of rotatable bonds is 3. The van der Waals surface area contributed by atoms with Crippen molar-refractivity contribution in [1.82, 2.24) is 0 Å². The lowest BCUT2D eigenvalue weighted by Crippen LogP contribution is -1.89. The minimum Gasteiger partial charge on any atom is -0.496 e. The van der Waals surface area contributed by atoms with Crippen molar-refractivity contribution < 1.29 is 9.84 Å². The molecule has 1 aromatic heterocycles. The van der Waals surface area contributed by atoms with Crippen LogP contribution in [0.1, 0.15) is 11.1 Å². The molecule has 2 nitrogen and oxygen atoms in total. The van der Waals surface area contributed by atoms with Gasteiger partial charge in [-0.05, 0) is 41.6 Å². The van der Waals surface area contributed by atoms with Gasteiger partial charge in [0.2, 0.25) is 0 Å². The lowest BCUT2D eigenvalue weighted by atomic mass is 10.1. The second-order valence-electron chi connectivity index (χ2n) is 3.68. The first-order valence-electron chi connectivity index (χ1n) is 5.08. The Labute approximate surface area is 99.1 Å². The van der Waals surface area contributed by atoms with Crippen LogP contribution >= 0.6 is 11.3 Å². The summed E-state index contributed by atoms with van der Waals surface area (Å²) in [6.45, 7) is 2.13. The zero-order valence-corrected chi connectivity index (χ0v) is 10.2. The van der Waals surface area contributed by atoms with E-state index in [1.807, 2.05) is 18.2 Å². The molecule has 0 unspecified atom stereocenters. The van der Waals surface area contributed by atoms with Gasteiger partial charge < -0.3 is 9.84 Å². The fourth-order valence-corrected chi connectivity index (χ4v) is 2.54. The second kappa shape index (κ2) is 4.68. The number of aliphatic hydroxyl groups excluding tert-OH is 1. The summed E-state index contributed by atoms with van der Waals surface area (Å²) in [5.74, 6) is 0.846. The van der Waals surface area contributed by atoms with Gasteiger partial charge in [0.25, 0.3) is 0 Å². The van der Waals surface area contributed by atoms with Crippen LogP contribution < -0.4 is 4.74 Å². The first kappa shape index (κ1) is 11.2. The van der Waals surface area contributed by atoms with E-state index < -0.39 is 0 Å². The average Bonchev–Trinajstić information content (AvgIpc) is 2.75. The number of thiophene rings is 1. The van der Waals surface area contributed by atoms with Crippen molar-refractivity contribution in [3.8, 4) is 16.2 Å². The summed E-state index contributed by atoms with van der Waals surface area (Å²) in [6, 6.07) is 7.88. The van der Waals surface area contributed by atoms with Gasteiger partial charge in [0.15, 0.2) is 0 Å². The molecule has 0 saturated carbocycles. The molecule has 0 radical (unpaired) electrons. The molecule has 1 heterocycles. The SMILES string of the molecule is COc1ccc(CO)cc1-c1cc(C)cs1. The number of aryl methyl sites for hydroxylation is 1. The van der Waals surface area contributed by atoms with E-state index in [0.29, 0.717) is 0 Å². The van der Waals surface area contributed by atoms with Gasteiger partial charge in [-0.3, -0.25) is 0 Å². The molecule has 0 spiro atoms. The molecule has 2 rings (SSSR count). The van der Waals surface area contributed by atoms with E-state index >= 15 is 0 Å². The lowest BCUT2D eigenvalue weighted by Gasteiger charge is -2.08. The van der Waals surface area contributed by atoms with E-state index in [1.54, 1.807) is 18.4 Å². The van der Waals surface area contributed by atoms with Crippen LogP contribution in [0.3, 0.4) is 0 Å². The first-order chi connectivity index (χ1) is 7.74. The molecule has 84 valence electrons. The summed E-state index contributed by atoms with van der Waals surface area (Å²) in [7, 11) is 1.66. The van der Waals surface area contributed by atoms with Crippen LogP contribution in [-0.2, 0) is 6.61 Å². The van der Waals surface area contributed by atoms with Crippen molar-refractivity contribution in [1.29, 1.82) is 0 Å². The fourth-order valence-electron chi connectivity index (χ4n) is 1.62. The molecule has 3 heteroatoms. The van der Waals surface area contributed by atoms with E-state index in [0.717, 1.165) is 16.9 Å². The van der Waals surface area contributed by atoms with Crippen LogP contribution in [0.4, 0.5) is 0 Å². The first-order valence-corrected chi connectivity index (χ1v) is 5.96. The highest BCUT2D eigenvalue weighted by Gasteiger charge is 2.08. The predicted octanol–water partition coefficient (Wildman–Crippen LogP) is 3.22. The van der Waals surface area contributed by atoms with E-state index in [-0.39, 0.29) is 6.61 Å². The number of hydrogen-bond donors (Lipinski definition) is 1. The Morgan fingerprint density at radius 3 is 2.69 bits per heavy atom. The maximum atomic E-state index is 9.14. The summed E-state index contributed by atoms with van der Waals surface area (Å²) in [5.41, 5.74) is 3.20. The molecule has 0 aliphatic rings. The van der Waals surface area contributed by atoms with Crippen molar-refractivity contribution in [2.24, 2.45) is 0 Å². The maximum absolute atomic E-state index is 9.14. The summed E-state index contributed by atoms with van der Waals surface area (Å²) in [6.07, 6.45) is 0. The van der Waals surface area contributed by atoms with E-state index in [4.69, 9.17) is 9.84 Å². The number of ether oxygens (including phenoxy) is 1. The molecule has 0 atom stereocenters. The third-order valence-corrected chi connectivity index (χ3v) is 3.52. The van der Waals surface area contributed by atoms with Gasteiger partial charge in [0.1, 0.15) is 5.75 Å². The number of hydrogen-bond acceptors (Lipinski definition) is 3. The molecular weight excluding hydrogens is 220 g/mol. The largest absolute Gasteiger partial charge is 0.496 e. The Morgan fingerprint density at radius 2 is 2.12 bits per heavy atom. The molecule has 0 aliphatic heterocycles. The molecular formula is C13H14O2S. The summed E-state index contributed by atoms with van der Waals surface area (Å²) < 4.78 is 5.33. The zero-order valence-electron chi connectivity index (χ0n) is 9.36. The van der Waals surface area contributed by atoms with Crippen molar-refractivity contribution in [3.05, 3.63) is 40.8 Å². The van der Waals surface area contributed by atoms with Crippen LogP contribution in [0.2, 0.25) is 0 Å². The monoisotopic (exact) mass is 234 g/mol. The predicted molar refractivity (Wildman–Crippen MR) is 67.0 cm³/mol. The third kappa shape index (κ3) is 2.10. The van der Waals surface area contributed by atoms with Crippen molar-refractivity contribution in [3.63, 3.8) is 0 Å². The zero-order chi connectivity index (χ0) is 11.5. The van der Waals surface area contributed by atoms with Crippen LogP contribution in [0.5, 0.6) is 5.75 Å². The number of aliphatic hydroxyl groups is 1. The lowest BCUT2D eigenvalue weighted by molar-refractivity contribution is 0.281. The minimum atomic E-state index is 0.0569. The van der Waals surface area contributed by atoms with Crippen LogP contribution in [0, 0.1) is 6.92 Å². The Balaban J connectivity index is 2.52. The molecule has 2 aromatic rings. The quantitative estimate of drug-likeness (QED) is 0.883. The summed E-state index contributed by atoms with van der Waals surface area (Å²) in [5, 5.41) is 11.3. The fraction of sp³-hybridized carbons (Fsp3) is 0.231. The highest BCUT2D eigenvalue weighted by atomic mass is 32.1. The molecule has 16 heavy (non-hydrogen) atoms. The Bertz CT molecular complexity index is 488. The second-order valence-corrected chi connectivity index (χ2v) is 4.59. The third-order valence-electron chi connectivity index (χ3n) is 2.44. The topological polar surface area (TPSA) is 29.5 Å². The molecule has 1 N–H and O–H groups in total.